The fraction of sp³-hybridized carbons (Fsp3) is 0.364. The first-order valence-electron chi connectivity index (χ1n) is 4.99. The molecule has 0 saturated carbocycles. The van der Waals surface area contributed by atoms with Crippen LogP contribution in [-0.2, 0) is 9.53 Å². The third-order valence-electron chi connectivity index (χ3n) is 2.39. The van der Waals surface area contributed by atoms with E-state index in [1.807, 2.05) is 0 Å². The van der Waals surface area contributed by atoms with E-state index in [1.54, 1.807) is 0 Å². The first-order valence-corrected chi connectivity index (χ1v) is 4.99. The molecule has 1 heterocycles. The molecular weight excluding hydrogens is 231 g/mol. The van der Waals surface area contributed by atoms with Crippen molar-refractivity contribution in [3.63, 3.8) is 0 Å². The third kappa shape index (κ3) is 2.03. The Balaban J connectivity index is 2.48. The number of methoxy groups -OCH3 is 1. The van der Waals surface area contributed by atoms with Crippen LogP contribution in [0.3, 0.4) is 0 Å². The van der Waals surface area contributed by atoms with Crippen LogP contribution in [0.1, 0.15) is 11.7 Å². The van der Waals surface area contributed by atoms with Gasteiger partial charge in [-0.25, -0.2) is 9.18 Å². The molecule has 1 aromatic rings. The van der Waals surface area contributed by atoms with Crippen LogP contribution >= 0.6 is 0 Å². The number of ether oxygens (including phenoxy) is 3. The second-order valence-corrected chi connectivity index (χ2v) is 3.41. The molecule has 0 amide bonds. The van der Waals surface area contributed by atoms with Crippen molar-refractivity contribution < 1.29 is 28.5 Å². The van der Waals surface area contributed by atoms with Gasteiger partial charge in [0.05, 0.1) is 12.7 Å². The van der Waals surface area contributed by atoms with Crippen molar-refractivity contribution in [2.75, 3.05) is 20.3 Å². The molecule has 1 unspecified atom stereocenters. The predicted molar refractivity (Wildman–Crippen MR) is 54.4 cm³/mol. The van der Waals surface area contributed by atoms with Crippen molar-refractivity contribution in [2.24, 2.45) is 0 Å². The first kappa shape index (κ1) is 11.7. The van der Waals surface area contributed by atoms with Crippen LogP contribution in [-0.4, -0.2) is 31.4 Å². The molecule has 5 nitrogen and oxygen atoms in total. The molecule has 1 N–H and O–H groups in total. The molecule has 1 aliphatic rings. The number of halogens is 1. The number of aliphatic hydroxyl groups is 1. The molecule has 6 heteroatoms. The fourth-order valence-electron chi connectivity index (χ4n) is 1.60. The standard InChI is InChI=1S/C11H11FO5/c1-15-11(14)9(13)8-6(12)2-3-7-10(8)17-5-4-16-7/h2-3,9,13H,4-5H2,1H3. The minimum atomic E-state index is -1.73. The second kappa shape index (κ2) is 4.58. The van der Waals surface area contributed by atoms with Gasteiger partial charge in [-0.15, -0.1) is 0 Å². The van der Waals surface area contributed by atoms with Crippen LogP contribution in [0.2, 0.25) is 0 Å². The number of hydrogen-bond acceptors (Lipinski definition) is 5. The van der Waals surface area contributed by atoms with E-state index in [9.17, 15) is 14.3 Å². The summed E-state index contributed by atoms with van der Waals surface area (Å²) in [6.45, 7) is 0.573. The number of benzene rings is 1. The monoisotopic (exact) mass is 242 g/mol. The van der Waals surface area contributed by atoms with Crippen LogP contribution in [0.5, 0.6) is 11.5 Å². The highest BCUT2D eigenvalue weighted by molar-refractivity contribution is 5.78. The molecule has 17 heavy (non-hydrogen) atoms. The predicted octanol–water partition coefficient (Wildman–Crippen LogP) is 0.803. The molecule has 0 radical (unpaired) electrons. The van der Waals surface area contributed by atoms with E-state index in [4.69, 9.17) is 9.47 Å². The summed E-state index contributed by atoms with van der Waals surface area (Å²) in [5.74, 6) is -1.34. The fourth-order valence-corrected chi connectivity index (χ4v) is 1.60. The number of hydrogen-bond donors (Lipinski definition) is 1. The van der Waals surface area contributed by atoms with Gasteiger partial charge in [-0.3, -0.25) is 0 Å². The molecule has 0 saturated heterocycles. The quantitative estimate of drug-likeness (QED) is 0.777. The molecule has 0 spiro atoms. The number of carbonyl (C=O) groups is 1. The molecule has 92 valence electrons. The highest BCUT2D eigenvalue weighted by Gasteiger charge is 2.29. The average Bonchev–Trinajstić information content (AvgIpc) is 2.37. The maximum atomic E-state index is 13.6. The lowest BCUT2D eigenvalue weighted by atomic mass is 10.1. The van der Waals surface area contributed by atoms with E-state index < -0.39 is 17.9 Å². The number of aliphatic hydroxyl groups excluding tert-OH is 1. The molecule has 0 aromatic heterocycles. The number of fused-ring (bicyclic) bond motifs is 1. The lowest BCUT2D eigenvalue weighted by Gasteiger charge is -2.22. The maximum absolute atomic E-state index is 13.6. The molecule has 0 fully saturated rings. The Labute approximate surface area is 96.7 Å². The Morgan fingerprint density at radius 1 is 1.47 bits per heavy atom. The first-order chi connectivity index (χ1) is 8.15. The highest BCUT2D eigenvalue weighted by atomic mass is 19.1. The summed E-state index contributed by atoms with van der Waals surface area (Å²) >= 11 is 0. The Hall–Kier alpha value is -1.82. The SMILES string of the molecule is COC(=O)C(O)c1c(F)ccc2c1OCCO2. The molecule has 0 aliphatic carbocycles. The van der Waals surface area contributed by atoms with Crippen LogP contribution in [0.4, 0.5) is 4.39 Å². The van der Waals surface area contributed by atoms with E-state index in [-0.39, 0.29) is 17.9 Å². The van der Waals surface area contributed by atoms with Gasteiger partial charge in [-0.1, -0.05) is 0 Å². The Bertz CT molecular complexity index is 446. The van der Waals surface area contributed by atoms with Gasteiger partial charge in [0.1, 0.15) is 19.0 Å². The van der Waals surface area contributed by atoms with Crippen molar-refractivity contribution in [2.45, 2.75) is 6.10 Å². The highest BCUT2D eigenvalue weighted by Crippen LogP contribution is 2.39. The zero-order valence-electron chi connectivity index (χ0n) is 9.10. The minimum Gasteiger partial charge on any atom is -0.486 e. The van der Waals surface area contributed by atoms with Crippen LogP contribution in [0.15, 0.2) is 12.1 Å². The van der Waals surface area contributed by atoms with Crippen LogP contribution in [0, 0.1) is 5.82 Å². The molecule has 1 aromatic carbocycles. The Kier molecular flexibility index (Phi) is 3.14. The van der Waals surface area contributed by atoms with Crippen molar-refractivity contribution in [3.05, 3.63) is 23.5 Å². The molecule has 0 bridgehead atoms. The number of carbonyl (C=O) groups excluding carboxylic acids is 1. The minimum absolute atomic E-state index is 0.0501. The molecule has 1 atom stereocenters. The van der Waals surface area contributed by atoms with Crippen LogP contribution < -0.4 is 9.47 Å². The van der Waals surface area contributed by atoms with Gasteiger partial charge in [0.15, 0.2) is 17.6 Å². The second-order valence-electron chi connectivity index (χ2n) is 3.41. The third-order valence-corrected chi connectivity index (χ3v) is 2.39. The number of esters is 1. The lowest BCUT2D eigenvalue weighted by molar-refractivity contribution is -0.151. The van der Waals surface area contributed by atoms with Gasteiger partial charge in [0.2, 0.25) is 0 Å². The Morgan fingerprint density at radius 3 is 2.88 bits per heavy atom. The largest absolute Gasteiger partial charge is 0.486 e. The molecular formula is C11H11FO5. The Morgan fingerprint density at radius 2 is 2.18 bits per heavy atom. The lowest BCUT2D eigenvalue weighted by Crippen LogP contribution is -2.21. The maximum Gasteiger partial charge on any atom is 0.339 e. The van der Waals surface area contributed by atoms with Crippen molar-refractivity contribution in [1.29, 1.82) is 0 Å². The van der Waals surface area contributed by atoms with E-state index >= 15 is 0 Å². The topological polar surface area (TPSA) is 65.0 Å². The number of rotatable bonds is 2. The van der Waals surface area contributed by atoms with Gasteiger partial charge < -0.3 is 19.3 Å². The zero-order chi connectivity index (χ0) is 12.4. The van der Waals surface area contributed by atoms with Crippen molar-refractivity contribution in [1.82, 2.24) is 0 Å². The van der Waals surface area contributed by atoms with Crippen molar-refractivity contribution >= 4 is 5.97 Å². The van der Waals surface area contributed by atoms with E-state index in [0.29, 0.717) is 12.4 Å². The van der Waals surface area contributed by atoms with Gasteiger partial charge in [-0.2, -0.15) is 0 Å². The summed E-state index contributed by atoms with van der Waals surface area (Å²) in [7, 11) is 1.11. The normalized spacial score (nSPS) is 15.2. The summed E-state index contributed by atoms with van der Waals surface area (Å²) in [5.41, 5.74) is -0.256. The van der Waals surface area contributed by atoms with Gasteiger partial charge in [0, 0.05) is 0 Å². The molecule has 2 rings (SSSR count). The summed E-state index contributed by atoms with van der Waals surface area (Å²) in [4.78, 5) is 11.2. The molecule has 1 aliphatic heterocycles. The summed E-state index contributed by atoms with van der Waals surface area (Å²) < 4.78 is 28.4. The summed E-state index contributed by atoms with van der Waals surface area (Å²) in [6, 6.07) is 2.49. The van der Waals surface area contributed by atoms with Gasteiger partial charge in [0.25, 0.3) is 0 Å². The van der Waals surface area contributed by atoms with Crippen LogP contribution in [0.25, 0.3) is 0 Å². The van der Waals surface area contributed by atoms with Gasteiger partial charge >= 0.3 is 5.97 Å². The summed E-state index contributed by atoms with van der Waals surface area (Å²) in [5, 5.41) is 9.68. The summed E-state index contributed by atoms with van der Waals surface area (Å²) in [6.07, 6.45) is -1.73. The van der Waals surface area contributed by atoms with Crippen molar-refractivity contribution in [3.8, 4) is 11.5 Å². The zero-order valence-corrected chi connectivity index (χ0v) is 9.10. The smallest absolute Gasteiger partial charge is 0.339 e. The average molecular weight is 242 g/mol. The van der Waals surface area contributed by atoms with Gasteiger partial charge in [-0.05, 0) is 12.1 Å². The van der Waals surface area contributed by atoms with E-state index in [0.717, 1.165) is 13.2 Å². The van der Waals surface area contributed by atoms with E-state index in [2.05, 4.69) is 4.74 Å². The van der Waals surface area contributed by atoms with E-state index in [1.165, 1.54) is 6.07 Å².